The van der Waals surface area contributed by atoms with Crippen LogP contribution in [0.3, 0.4) is 0 Å². The van der Waals surface area contributed by atoms with Crippen molar-refractivity contribution in [3.8, 4) is 5.69 Å². The lowest BCUT2D eigenvalue weighted by Gasteiger charge is -2.27. The number of sulfonamides is 1. The zero-order valence-electron chi connectivity index (χ0n) is 17.6. The van der Waals surface area contributed by atoms with Crippen LogP contribution >= 0.6 is 0 Å². The molecule has 1 aromatic heterocycles. The molecule has 7 nitrogen and oxygen atoms in total. The predicted molar refractivity (Wildman–Crippen MR) is 120 cm³/mol. The van der Waals surface area contributed by atoms with Crippen molar-refractivity contribution in [1.82, 2.24) is 14.5 Å². The summed E-state index contributed by atoms with van der Waals surface area (Å²) in [6.45, 7) is 2.55. The van der Waals surface area contributed by atoms with Crippen molar-refractivity contribution < 1.29 is 17.2 Å². The first kappa shape index (κ1) is 22.3. The average Bonchev–Trinajstić information content (AvgIpc) is 3.00. The molecule has 4 rings (SSSR count). The summed E-state index contributed by atoms with van der Waals surface area (Å²) in [6.07, 6.45) is 2.32. The van der Waals surface area contributed by atoms with E-state index in [9.17, 15) is 22.0 Å². The molecule has 0 unspecified atom stereocenters. The maximum absolute atomic E-state index is 14.5. The third kappa shape index (κ3) is 4.51. The monoisotopic (exact) mass is 462 g/mol. The lowest BCUT2D eigenvalue weighted by molar-refractivity contribution is 0.531. The Labute approximate surface area is 184 Å². The van der Waals surface area contributed by atoms with Crippen molar-refractivity contribution in [2.45, 2.75) is 32.2 Å². The van der Waals surface area contributed by atoms with Gasteiger partial charge in [0.05, 0.1) is 11.1 Å². The summed E-state index contributed by atoms with van der Waals surface area (Å²) < 4.78 is 55.9. The molecule has 1 fully saturated rings. The first-order valence-corrected chi connectivity index (χ1v) is 12.2. The predicted octanol–water partition coefficient (Wildman–Crippen LogP) is 2.96. The van der Waals surface area contributed by atoms with Gasteiger partial charge in [-0.25, -0.2) is 21.9 Å². The molecule has 32 heavy (non-hydrogen) atoms. The third-order valence-electron chi connectivity index (χ3n) is 5.62. The van der Waals surface area contributed by atoms with Gasteiger partial charge in [-0.2, -0.15) is 4.68 Å². The number of hydrogen-bond acceptors (Lipinski definition) is 5. The van der Waals surface area contributed by atoms with Gasteiger partial charge in [0.1, 0.15) is 11.5 Å². The van der Waals surface area contributed by atoms with E-state index < -0.39 is 27.2 Å². The Bertz CT molecular complexity index is 1310. The lowest BCUT2D eigenvalue weighted by atomic mass is 10.1. The van der Waals surface area contributed by atoms with E-state index in [2.05, 4.69) is 9.82 Å². The SMILES string of the molecule is CCS(=O)(=O)N[C@@H]1CCCCN(c2nn(-c3ccc(F)cc3F)c(=O)c3ccccc23)C1. The first-order chi connectivity index (χ1) is 15.3. The Morgan fingerprint density at radius 2 is 1.88 bits per heavy atom. The first-order valence-electron chi connectivity index (χ1n) is 10.5. The summed E-state index contributed by atoms with van der Waals surface area (Å²) in [7, 11) is -3.39. The fourth-order valence-corrected chi connectivity index (χ4v) is 4.86. The summed E-state index contributed by atoms with van der Waals surface area (Å²) in [6, 6.07) is 9.53. The molecular formula is C22H24F2N4O3S. The van der Waals surface area contributed by atoms with Crippen molar-refractivity contribution in [3.63, 3.8) is 0 Å². The van der Waals surface area contributed by atoms with Crippen molar-refractivity contribution in [3.05, 3.63) is 64.5 Å². The highest BCUT2D eigenvalue weighted by molar-refractivity contribution is 7.89. The lowest BCUT2D eigenvalue weighted by Crippen LogP contribution is -2.44. The minimum absolute atomic E-state index is 0.0145. The summed E-state index contributed by atoms with van der Waals surface area (Å²) in [5.74, 6) is -1.21. The number of aromatic nitrogens is 2. The fourth-order valence-electron chi connectivity index (χ4n) is 3.99. The Morgan fingerprint density at radius 3 is 2.59 bits per heavy atom. The van der Waals surface area contributed by atoms with E-state index >= 15 is 0 Å². The van der Waals surface area contributed by atoms with E-state index in [1.165, 1.54) is 6.07 Å². The molecule has 3 aromatic rings. The minimum atomic E-state index is -3.39. The molecule has 1 atom stereocenters. The number of anilines is 1. The molecule has 2 aromatic carbocycles. The van der Waals surface area contributed by atoms with Gasteiger partial charge in [-0.05, 0) is 38.0 Å². The van der Waals surface area contributed by atoms with Crippen LogP contribution in [-0.2, 0) is 10.0 Å². The highest BCUT2D eigenvalue weighted by Crippen LogP contribution is 2.26. The molecule has 170 valence electrons. The van der Waals surface area contributed by atoms with Crippen LogP contribution in [0.4, 0.5) is 14.6 Å². The van der Waals surface area contributed by atoms with Gasteiger partial charge in [-0.3, -0.25) is 4.79 Å². The summed E-state index contributed by atoms with van der Waals surface area (Å²) in [4.78, 5) is 15.0. The van der Waals surface area contributed by atoms with Crippen molar-refractivity contribution in [2.75, 3.05) is 23.7 Å². The van der Waals surface area contributed by atoms with Crippen LogP contribution in [0, 0.1) is 11.6 Å². The van der Waals surface area contributed by atoms with Gasteiger partial charge in [-0.15, -0.1) is 5.10 Å². The topological polar surface area (TPSA) is 84.3 Å². The van der Waals surface area contributed by atoms with Crippen molar-refractivity contribution in [1.29, 1.82) is 0 Å². The Balaban J connectivity index is 1.84. The van der Waals surface area contributed by atoms with E-state index in [0.717, 1.165) is 23.6 Å². The van der Waals surface area contributed by atoms with Crippen LogP contribution in [-0.4, -0.2) is 43.1 Å². The maximum atomic E-state index is 14.5. The highest BCUT2D eigenvalue weighted by Gasteiger charge is 2.25. The molecule has 0 spiro atoms. The normalized spacial score (nSPS) is 17.5. The van der Waals surface area contributed by atoms with Crippen LogP contribution < -0.4 is 15.2 Å². The maximum Gasteiger partial charge on any atom is 0.279 e. The molecule has 2 heterocycles. The van der Waals surface area contributed by atoms with Gasteiger partial charge >= 0.3 is 0 Å². The quantitative estimate of drug-likeness (QED) is 0.630. The third-order valence-corrected chi connectivity index (χ3v) is 7.07. The van der Waals surface area contributed by atoms with Gasteiger partial charge in [0, 0.05) is 30.6 Å². The number of hydrogen-bond donors (Lipinski definition) is 1. The van der Waals surface area contributed by atoms with Crippen molar-refractivity contribution in [2.24, 2.45) is 0 Å². The Morgan fingerprint density at radius 1 is 1.12 bits per heavy atom. The molecule has 0 radical (unpaired) electrons. The molecule has 1 N–H and O–H groups in total. The van der Waals surface area contributed by atoms with Gasteiger partial charge in [0.2, 0.25) is 10.0 Å². The molecule has 0 aliphatic carbocycles. The molecular weight excluding hydrogens is 438 g/mol. The van der Waals surface area contributed by atoms with Gasteiger partial charge in [-0.1, -0.05) is 24.6 Å². The Hall–Kier alpha value is -2.85. The fraction of sp³-hybridized carbons (Fsp3) is 0.364. The van der Waals surface area contributed by atoms with E-state index in [-0.39, 0.29) is 17.5 Å². The average molecular weight is 463 g/mol. The number of benzene rings is 2. The van der Waals surface area contributed by atoms with Gasteiger partial charge in [0.25, 0.3) is 5.56 Å². The molecule has 0 bridgehead atoms. The number of rotatable bonds is 5. The second-order valence-electron chi connectivity index (χ2n) is 7.84. The number of fused-ring (bicyclic) bond motifs is 1. The Kier molecular flexibility index (Phi) is 6.25. The number of nitrogens with zero attached hydrogens (tertiary/aromatic N) is 3. The van der Waals surface area contributed by atoms with Crippen LogP contribution in [0.2, 0.25) is 0 Å². The molecule has 1 aliphatic heterocycles. The number of halogens is 2. The molecule has 1 saturated heterocycles. The molecule has 10 heteroatoms. The zero-order chi connectivity index (χ0) is 22.9. The summed E-state index contributed by atoms with van der Waals surface area (Å²) >= 11 is 0. The van der Waals surface area contributed by atoms with E-state index in [4.69, 9.17) is 0 Å². The number of nitrogens with one attached hydrogen (secondary N) is 1. The standard InChI is InChI=1S/C22H24F2N4O3S/c1-2-32(30,31)26-16-7-5-6-12-27(14-16)21-17-8-3-4-9-18(17)22(29)28(25-21)20-11-10-15(23)13-19(20)24/h3-4,8-11,13,16,26H,2,5-7,12,14H2,1H3/t16-/m1/s1. The van der Waals surface area contributed by atoms with Crippen molar-refractivity contribution >= 4 is 26.6 Å². The molecule has 0 amide bonds. The molecule has 1 aliphatic rings. The highest BCUT2D eigenvalue weighted by atomic mass is 32.2. The van der Waals surface area contributed by atoms with Crippen LogP contribution in [0.25, 0.3) is 16.5 Å². The van der Waals surface area contributed by atoms with Crippen LogP contribution in [0.5, 0.6) is 0 Å². The largest absolute Gasteiger partial charge is 0.353 e. The van der Waals surface area contributed by atoms with Crippen LogP contribution in [0.15, 0.2) is 47.3 Å². The van der Waals surface area contributed by atoms with Gasteiger partial charge in [0.15, 0.2) is 11.6 Å². The van der Waals surface area contributed by atoms with E-state index in [1.807, 2.05) is 4.90 Å². The smallest absolute Gasteiger partial charge is 0.279 e. The second kappa shape index (κ2) is 8.95. The van der Waals surface area contributed by atoms with E-state index in [1.54, 1.807) is 31.2 Å². The van der Waals surface area contributed by atoms with Crippen LogP contribution in [0.1, 0.15) is 26.2 Å². The van der Waals surface area contributed by atoms with Gasteiger partial charge < -0.3 is 4.90 Å². The molecule has 0 saturated carbocycles. The second-order valence-corrected chi connectivity index (χ2v) is 9.88. The summed E-state index contributed by atoms with van der Waals surface area (Å²) in [5, 5.41) is 5.40. The minimum Gasteiger partial charge on any atom is -0.353 e. The van der Waals surface area contributed by atoms with E-state index in [0.29, 0.717) is 42.2 Å². The zero-order valence-corrected chi connectivity index (χ0v) is 18.4. The summed E-state index contributed by atoms with van der Waals surface area (Å²) in [5.41, 5.74) is -0.672.